The molecule has 0 radical (unpaired) electrons. The average molecular weight is 568 g/mol. The standard InChI is InChI=1S/C3H4N2.3C2H6OS.4ClH.Na.Ru/c1-2-5-3-4-1;3*1-4(2)3;;;;;;/h1-3H,(H,4,5);3*1-2H3;4*1H;;/q;;;;;;;;+1;+3/p-4. The summed E-state index contributed by atoms with van der Waals surface area (Å²) in [5.41, 5.74) is 0. The first-order valence-corrected chi connectivity index (χ1v) is 19.8. The molecule has 0 aliphatic heterocycles. The van der Waals surface area contributed by atoms with Crippen molar-refractivity contribution in [3.63, 3.8) is 0 Å². The summed E-state index contributed by atoms with van der Waals surface area (Å²) in [6.45, 7) is 0. The molecule has 1 aromatic rings. The van der Waals surface area contributed by atoms with E-state index in [9.17, 15) is 12.6 Å². The van der Waals surface area contributed by atoms with Gasteiger partial charge in [0.05, 0.1) is 6.33 Å². The number of nitrogens with one attached hydrogen (secondary N) is 1. The van der Waals surface area contributed by atoms with E-state index in [-0.39, 0.29) is 29.6 Å². The first-order chi connectivity index (χ1) is 9.70. The summed E-state index contributed by atoms with van der Waals surface area (Å²) in [4.78, 5) is 6.42. The van der Waals surface area contributed by atoms with Crippen molar-refractivity contribution >= 4 is 71.2 Å². The Bertz CT molecular complexity index is 334. The fourth-order valence-corrected chi connectivity index (χ4v) is 0.215. The zero-order valence-corrected chi connectivity index (χ0v) is 23.2. The van der Waals surface area contributed by atoms with Gasteiger partial charge in [-0.1, -0.05) is 0 Å². The van der Waals surface area contributed by atoms with Crippen LogP contribution in [0.15, 0.2) is 18.7 Å². The van der Waals surface area contributed by atoms with Gasteiger partial charge in [-0.25, -0.2) is 4.98 Å². The Morgan fingerprint density at radius 2 is 1.04 bits per heavy atom. The van der Waals surface area contributed by atoms with E-state index >= 15 is 0 Å². The predicted molar refractivity (Wildman–Crippen MR) is 102 cm³/mol. The van der Waals surface area contributed by atoms with Crippen LogP contribution in [0.4, 0.5) is 0 Å². The summed E-state index contributed by atoms with van der Waals surface area (Å²) in [5, 5.41) is 0. The molecule has 0 bridgehead atoms. The van der Waals surface area contributed by atoms with E-state index in [2.05, 4.69) is 9.97 Å². The number of aromatic amines is 1. The molecule has 0 aliphatic carbocycles. The number of H-pyrrole nitrogens is 1. The van der Waals surface area contributed by atoms with Crippen molar-refractivity contribution in [3.8, 4) is 0 Å². The Morgan fingerprint density at radius 3 is 1.09 bits per heavy atom. The zero-order chi connectivity index (χ0) is 18.8. The molecule has 14 heteroatoms. The Labute approximate surface area is 188 Å². The van der Waals surface area contributed by atoms with Gasteiger partial charge >= 0.3 is 79.1 Å². The van der Waals surface area contributed by atoms with E-state index in [1.54, 1.807) is 56.3 Å². The van der Waals surface area contributed by atoms with Gasteiger partial charge in [-0.05, 0) is 0 Å². The first kappa shape index (κ1) is 36.4. The van der Waals surface area contributed by atoms with Gasteiger partial charge in [0.25, 0.3) is 0 Å². The molecule has 1 aromatic heterocycles. The number of hydrogen-bond acceptors (Lipinski definition) is 4. The average Bonchev–Trinajstić information content (AvgIpc) is 2.66. The van der Waals surface area contributed by atoms with Gasteiger partial charge in [-0.3, -0.25) is 12.6 Å². The van der Waals surface area contributed by atoms with Gasteiger partial charge in [0.15, 0.2) is 0 Å². The second-order valence-electron chi connectivity index (χ2n) is 3.29. The third-order valence-electron chi connectivity index (χ3n) is 0.406. The summed E-state index contributed by atoms with van der Waals surface area (Å²) < 4.78 is 28.7. The van der Waals surface area contributed by atoms with Gasteiger partial charge in [0.2, 0.25) is 0 Å². The van der Waals surface area contributed by atoms with Crippen LogP contribution in [0.5, 0.6) is 0 Å². The van der Waals surface area contributed by atoms with Gasteiger partial charge in [0, 0.05) is 82.3 Å². The minimum atomic E-state index is -2.97. The molecule has 141 valence electrons. The maximum Gasteiger partial charge on any atom is 1.00 e. The van der Waals surface area contributed by atoms with Crippen molar-refractivity contribution in [1.82, 2.24) is 9.97 Å². The van der Waals surface area contributed by atoms with Crippen LogP contribution < -0.4 is 29.6 Å². The molecule has 0 spiro atoms. The van der Waals surface area contributed by atoms with E-state index in [1.807, 2.05) is 0 Å². The van der Waals surface area contributed by atoms with Crippen LogP contribution in [-0.4, -0.2) is 60.1 Å². The summed E-state index contributed by atoms with van der Waals surface area (Å²) in [7, 11) is 15.2. The number of imidazole rings is 1. The number of hydrogen-bond donors (Lipinski definition) is 1. The van der Waals surface area contributed by atoms with Crippen molar-refractivity contribution in [2.45, 2.75) is 0 Å². The molecule has 0 atom stereocenters. The van der Waals surface area contributed by atoms with E-state index in [0.717, 1.165) is 0 Å². The quantitative estimate of drug-likeness (QED) is 0.453. The largest absolute Gasteiger partial charge is 1.00 e. The zero-order valence-electron chi connectivity index (χ0n) is 14.0. The maximum absolute atomic E-state index is 9.56. The van der Waals surface area contributed by atoms with Crippen molar-refractivity contribution in [2.75, 3.05) is 37.5 Å². The Kier molecular flexibility index (Phi) is 42.2. The first-order valence-electron chi connectivity index (χ1n) is 4.91. The van der Waals surface area contributed by atoms with Crippen molar-refractivity contribution in [2.24, 2.45) is 0 Å². The van der Waals surface area contributed by atoms with Crippen molar-refractivity contribution in [1.29, 1.82) is 0 Å². The molecule has 0 aromatic carbocycles. The fraction of sp³-hybridized carbons (Fsp3) is 0.667. The monoisotopic (exact) mass is 567 g/mol. The number of aromatic nitrogens is 2. The minimum absolute atomic E-state index is 0. The Morgan fingerprint density at radius 1 is 0.826 bits per heavy atom. The van der Waals surface area contributed by atoms with Gasteiger partial charge < -0.3 is 4.98 Å². The Hall–Kier alpha value is 2.44. The SMILES string of the molecule is CS(C)=O.CS(C)=O.CS(C)=O.[Cl][Ru-]([Cl])([Cl])[Cl].[Na+].c1c[nH]cn1. The molecule has 0 aliphatic rings. The predicted octanol–water partition coefficient (Wildman–Crippen LogP) is 0.153. The molecular weight excluding hydrogens is 546 g/mol. The van der Waals surface area contributed by atoms with Gasteiger partial charge in [0.1, 0.15) is 0 Å². The fourth-order valence-electron chi connectivity index (χ4n) is 0.215. The molecule has 0 fully saturated rings. The van der Waals surface area contributed by atoms with Crippen LogP contribution >= 0.6 is 38.8 Å². The number of nitrogens with zero attached hydrogens (tertiary/aromatic N) is 1. The molecule has 23 heavy (non-hydrogen) atoms. The molecule has 1 rings (SSSR count). The van der Waals surface area contributed by atoms with Crippen LogP contribution in [-0.2, 0) is 43.2 Å². The minimum Gasteiger partial charge on any atom is -0.351 e. The number of halogens is 4. The molecule has 0 saturated heterocycles. The molecule has 0 saturated carbocycles. The van der Waals surface area contributed by atoms with Crippen molar-refractivity contribution in [3.05, 3.63) is 18.7 Å². The molecule has 1 heterocycles. The van der Waals surface area contributed by atoms with E-state index in [0.29, 0.717) is 0 Å². The topological polar surface area (TPSA) is 79.9 Å². The summed E-state index contributed by atoms with van der Waals surface area (Å²) in [6.07, 6.45) is 14.9. The third-order valence-corrected chi connectivity index (χ3v) is 0.406. The second kappa shape index (κ2) is 26.7. The smallest absolute Gasteiger partial charge is 0.351 e. The van der Waals surface area contributed by atoms with E-state index < -0.39 is 43.2 Å². The van der Waals surface area contributed by atoms with E-state index in [4.69, 9.17) is 38.8 Å². The summed E-state index contributed by atoms with van der Waals surface area (Å²) >= 11 is 0. The molecule has 1 N–H and O–H groups in total. The van der Waals surface area contributed by atoms with Gasteiger partial charge in [-0.15, -0.1) is 0 Å². The maximum atomic E-state index is 9.56. The summed E-state index contributed by atoms with van der Waals surface area (Å²) in [5.74, 6) is 0. The van der Waals surface area contributed by atoms with Gasteiger partial charge in [-0.2, -0.15) is 0 Å². The number of rotatable bonds is 0. The van der Waals surface area contributed by atoms with Crippen LogP contribution in [0.2, 0.25) is 0 Å². The summed E-state index contributed by atoms with van der Waals surface area (Å²) in [6, 6.07) is 0. The Balaban J connectivity index is -0.0000000584. The van der Waals surface area contributed by atoms with Crippen LogP contribution in [0.25, 0.3) is 0 Å². The molecule has 5 nitrogen and oxygen atoms in total. The second-order valence-corrected chi connectivity index (χ2v) is 23.6. The van der Waals surface area contributed by atoms with Crippen LogP contribution in [0.1, 0.15) is 0 Å². The normalized spacial score (nSPS) is 9.61. The molecule has 0 unspecified atom stereocenters. The molecule has 0 amide bonds. The van der Waals surface area contributed by atoms with Crippen LogP contribution in [0, 0.1) is 0 Å². The van der Waals surface area contributed by atoms with Crippen molar-refractivity contribution < 1.29 is 53.0 Å². The molecular formula is C9H22Cl4N2NaO3RuS3. The van der Waals surface area contributed by atoms with E-state index in [1.165, 1.54) is 0 Å². The van der Waals surface area contributed by atoms with Crippen LogP contribution in [0.3, 0.4) is 0 Å². The third kappa shape index (κ3) is 222.